The van der Waals surface area contributed by atoms with Gasteiger partial charge in [0, 0.05) is 7.11 Å². The van der Waals surface area contributed by atoms with E-state index in [4.69, 9.17) is 10.5 Å². The first kappa shape index (κ1) is 10.9. The highest BCUT2D eigenvalue weighted by atomic mass is 16.5. The molecule has 2 atom stereocenters. The van der Waals surface area contributed by atoms with Crippen molar-refractivity contribution in [3.05, 3.63) is 0 Å². The van der Waals surface area contributed by atoms with E-state index in [-0.39, 0.29) is 0 Å². The smallest absolute Gasteiger partial charge is 0.0543 e. The summed E-state index contributed by atoms with van der Waals surface area (Å²) in [6.07, 6.45) is 4.01. The predicted molar refractivity (Wildman–Crippen MR) is 48.5 cm³/mol. The Kier molecular flexibility index (Phi) is 6.57. The molecule has 0 aromatic carbocycles. The van der Waals surface area contributed by atoms with Crippen LogP contribution in [0.3, 0.4) is 0 Å². The second-order valence-corrected chi connectivity index (χ2v) is 3.32. The minimum Gasteiger partial charge on any atom is -0.382 e. The average molecular weight is 159 g/mol. The summed E-state index contributed by atoms with van der Waals surface area (Å²) < 4.78 is 5.13. The second kappa shape index (κ2) is 6.62. The Balaban J connectivity index is 3.13. The van der Waals surface area contributed by atoms with Crippen molar-refractivity contribution in [3.8, 4) is 0 Å². The lowest BCUT2D eigenvalue weighted by Gasteiger charge is -2.11. The molecule has 0 aromatic rings. The molecule has 2 heteroatoms. The summed E-state index contributed by atoms with van der Waals surface area (Å²) in [6.45, 7) is 5.10. The molecule has 11 heavy (non-hydrogen) atoms. The van der Waals surface area contributed by atoms with Gasteiger partial charge in [-0.1, -0.05) is 13.3 Å². The SMILES string of the molecule is COC(C)CCCC(C)CN. The highest BCUT2D eigenvalue weighted by molar-refractivity contribution is 4.56. The lowest BCUT2D eigenvalue weighted by molar-refractivity contribution is 0.107. The van der Waals surface area contributed by atoms with E-state index >= 15 is 0 Å². The first-order valence-electron chi connectivity index (χ1n) is 4.43. The van der Waals surface area contributed by atoms with Gasteiger partial charge in [0.25, 0.3) is 0 Å². The lowest BCUT2D eigenvalue weighted by Crippen LogP contribution is -2.11. The summed E-state index contributed by atoms with van der Waals surface area (Å²) in [6, 6.07) is 0. The highest BCUT2D eigenvalue weighted by Gasteiger charge is 2.01. The lowest BCUT2D eigenvalue weighted by atomic mass is 10.0. The fourth-order valence-electron chi connectivity index (χ4n) is 0.989. The number of methoxy groups -OCH3 is 1. The Morgan fingerprint density at radius 3 is 2.36 bits per heavy atom. The Labute approximate surface area is 70.1 Å². The van der Waals surface area contributed by atoms with Crippen molar-refractivity contribution in [2.75, 3.05) is 13.7 Å². The molecule has 68 valence electrons. The van der Waals surface area contributed by atoms with Crippen LogP contribution in [-0.4, -0.2) is 19.8 Å². The maximum absolute atomic E-state index is 5.49. The largest absolute Gasteiger partial charge is 0.382 e. The van der Waals surface area contributed by atoms with Gasteiger partial charge in [-0.15, -0.1) is 0 Å². The molecular weight excluding hydrogens is 138 g/mol. The molecule has 2 unspecified atom stereocenters. The van der Waals surface area contributed by atoms with Crippen molar-refractivity contribution >= 4 is 0 Å². The maximum Gasteiger partial charge on any atom is 0.0543 e. The third-order valence-corrected chi connectivity index (χ3v) is 2.11. The quantitative estimate of drug-likeness (QED) is 0.641. The Morgan fingerprint density at radius 2 is 1.91 bits per heavy atom. The molecule has 2 nitrogen and oxygen atoms in total. The van der Waals surface area contributed by atoms with Crippen molar-refractivity contribution in [2.45, 2.75) is 39.2 Å². The zero-order valence-electron chi connectivity index (χ0n) is 7.97. The van der Waals surface area contributed by atoms with Crippen molar-refractivity contribution in [3.63, 3.8) is 0 Å². The summed E-state index contributed by atoms with van der Waals surface area (Å²) in [5.41, 5.74) is 5.49. The maximum atomic E-state index is 5.49. The van der Waals surface area contributed by atoms with Crippen LogP contribution in [0.25, 0.3) is 0 Å². The number of ether oxygens (including phenoxy) is 1. The van der Waals surface area contributed by atoms with E-state index in [0.717, 1.165) is 13.0 Å². The monoisotopic (exact) mass is 159 g/mol. The fourth-order valence-corrected chi connectivity index (χ4v) is 0.989. The average Bonchev–Trinajstić information content (AvgIpc) is 2.04. The van der Waals surface area contributed by atoms with Crippen molar-refractivity contribution < 1.29 is 4.74 Å². The van der Waals surface area contributed by atoms with E-state index in [1.807, 2.05) is 0 Å². The molecule has 0 aliphatic heterocycles. The Hall–Kier alpha value is -0.0800. The first-order valence-corrected chi connectivity index (χ1v) is 4.43. The molecule has 0 fully saturated rings. The van der Waals surface area contributed by atoms with Crippen LogP contribution in [0.2, 0.25) is 0 Å². The topological polar surface area (TPSA) is 35.2 Å². The zero-order chi connectivity index (χ0) is 8.69. The molecule has 0 aliphatic carbocycles. The zero-order valence-corrected chi connectivity index (χ0v) is 7.97. The molecule has 0 bridgehead atoms. The third-order valence-electron chi connectivity index (χ3n) is 2.11. The van der Waals surface area contributed by atoms with Crippen LogP contribution >= 0.6 is 0 Å². The van der Waals surface area contributed by atoms with Crippen LogP contribution in [0.4, 0.5) is 0 Å². The number of hydrogen-bond acceptors (Lipinski definition) is 2. The minimum atomic E-state index is 0.403. The van der Waals surface area contributed by atoms with Crippen LogP contribution < -0.4 is 5.73 Å². The molecule has 0 amide bonds. The van der Waals surface area contributed by atoms with Gasteiger partial charge in [0.1, 0.15) is 0 Å². The summed E-state index contributed by atoms with van der Waals surface area (Å²) in [5.74, 6) is 0.666. The van der Waals surface area contributed by atoms with Gasteiger partial charge < -0.3 is 10.5 Å². The molecule has 0 rings (SSSR count). The van der Waals surface area contributed by atoms with Crippen LogP contribution in [-0.2, 0) is 4.74 Å². The van der Waals surface area contributed by atoms with E-state index in [9.17, 15) is 0 Å². The highest BCUT2D eigenvalue weighted by Crippen LogP contribution is 2.08. The molecule has 0 heterocycles. The van der Waals surface area contributed by atoms with Crippen LogP contribution in [0.1, 0.15) is 33.1 Å². The molecule has 0 saturated carbocycles. The van der Waals surface area contributed by atoms with Gasteiger partial charge in [-0.3, -0.25) is 0 Å². The molecular formula is C9H21NO. The molecule has 0 saturated heterocycles. The first-order chi connectivity index (χ1) is 5.20. The number of hydrogen-bond donors (Lipinski definition) is 1. The van der Waals surface area contributed by atoms with Crippen LogP contribution in [0.5, 0.6) is 0 Å². The van der Waals surface area contributed by atoms with Crippen molar-refractivity contribution in [1.29, 1.82) is 0 Å². The minimum absolute atomic E-state index is 0.403. The Morgan fingerprint density at radius 1 is 1.27 bits per heavy atom. The third kappa shape index (κ3) is 6.32. The van der Waals surface area contributed by atoms with Gasteiger partial charge in [-0.25, -0.2) is 0 Å². The van der Waals surface area contributed by atoms with E-state index in [1.54, 1.807) is 7.11 Å². The summed E-state index contributed by atoms with van der Waals surface area (Å²) >= 11 is 0. The summed E-state index contributed by atoms with van der Waals surface area (Å²) in [5, 5.41) is 0. The fraction of sp³-hybridized carbons (Fsp3) is 1.00. The normalized spacial score (nSPS) is 16.4. The summed E-state index contributed by atoms with van der Waals surface area (Å²) in [7, 11) is 1.76. The van der Waals surface area contributed by atoms with Gasteiger partial charge in [0.15, 0.2) is 0 Å². The molecule has 0 radical (unpaired) electrons. The van der Waals surface area contributed by atoms with E-state index in [0.29, 0.717) is 12.0 Å². The van der Waals surface area contributed by atoms with Gasteiger partial charge in [-0.05, 0) is 32.2 Å². The van der Waals surface area contributed by atoms with E-state index in [1.165, 1.54) is 12.8 Å². The van der Waals surface area contributed by atoms with Crippen molar-refractivity contribution in [2.24, 2.45) is 11.7 Å². The summed E-state index contributed by atoms with van der Waals surface area (Å²) in [4.78, 5) is 0. The van der Waals surface area contributed by atoms with Gasteiger partial charge in [0.05, 0.1) is 6.10 Å². The predicted octanol–water partition coefficient (Wildman–Crippen LogP) is 1.79. The van der Waals surface area contributed by atoms with Crippen molar-refractivity contribution in [1.82, 2.24) is 0 Å². The number of nitrogens with two attached hydrogens (primary N) is 1. The van der Waals surface area contributed by atoms with E-state index in [2.05, 4.69) is 13.8 Å². The van der Waals surface area contributed by atoms with Gasteiger partial charge >= 0.3 is 0 Å². The molecule has 0 aromatic heterocycles. The molecule has 0 spiro atoms. The van der Waals surface area contributed by atoms with Gasteiger partial charge in [-0.2, -0.15) is 0 Å². The standard InChI is InChI=1S/C9H21NO/c1-8(7-10)5-4-6-9(2)11-3/h8-9H,4-7,10H2,1-3H3. The second-order valence-electron chi connectivity index (χ2n) is 3.32. The Bertz CT molecular complexity index is 75.6. The van der Waals surface area contributed by atoms with Crippen LogP contribution in [0, 0.1) is 5.92 Å². The molecule has 0 aliphatic rings. The van der Waals surface area contributed by atoms with Crippen LogP contribution in [0.15, 0.2) is 0 Å². The van der Waals surface area contributed by atoms with Gasteiger partial charge in [0.2, 0.25) is 0 Å². The molecule has 2 N–H and O–H groups in total. The number of rotatable bonds is 6. The van der Waals surface area contributed by atoms with E-state index < -0.39 is 0 Å².